The number of thioether (sulfide) groups is 1. The van der Waals surface area contributed by atoms with Gasteiger partial charge < -0.3 is 14.6 Å². The molecule has 1 N–H and O–H groups in total. The van der Waals surface area contributed by atoms with E-state index in [0.29, 0.717) is 22.3 Å². The van der Waals surface area contributed by atoms with Crippen molar-refractivity contribution in [2.75, 3.05) is 14.2 Å². The number of ether oxygens (including phenoxy) is 2. The number of aromatic nitrogens is 1. The topological polar surface area (TPSA) is 68.7 Å². The van der Waals surface area contributed by atoms with E-state index in [9.17, 15) is 9.90 Å². The van der Waals surface area contributed by atoms with E-state index in [4.69, 9.17) is 21.1 Å². The zero-order chi connectivity index (χ0) is 16.1. The van der Waals surface area contributed by atoms with E-state index in [1.165, 1.54) is 23.9 Å². The molecule has 116 valence electrons. The number of rotatable bonds is 6. The fourth-order valence-corrected chi connectivity index (χ4v) is 3.01. The standard InChI is InChI=1S/C15H14ClNO4S/c1-20-10-4-3-9(12(7-10)21-2)8-22-14-11(15(18)19)5-6-13(16)17-14/h3-7H,8H2,1-2H3,(H,18,19). The maximum absolute atomic E-state index is 11.2. The summed E-state index contributed by atoms with van der Waals surface area (Å²) in [5.41, 5.74) is 1.04. The molecule has 7 heteroatoms. The molecule has 0 saturated heterocycles. The van der Waals surface area contributed by atoms with Gasteiger partial charge in [0.25, 0.3) is 0 Å². The molecular formula is C15H14ClNO4S. The molecule has 0 aliphatic rings. The third-order valence-electron chi connectivity index (χ3n) is 2.92. The van der Waals surface area contributed by atoms with Gasteiger partial charge in [0.2, 0.25) is 0 Å². The zero-order valence-electron chi connectivity index (χ0n) is 12.0. The number of benzene rings is 1. The third kappa shape index (κ3) is 3.84. The molecule has 1 heterocycles. The lowest BCUT2D eigenvalue weighted by molar-refractivity contribution is 0.0692. The highest BCUT2D eigenvalue weighted by atomic mass is 35.5. The molecule has 0 bridgehead atoms. The van der Waals surface area contributed by atoms with Gasteiger partial charge in [-0.2, -0.15) is 0 Å². The van der Waals surface area contributed by atoms with Gasteiger partial charge >= 0.3 is 5.97 Å². The molecule has 0 aliphatic carbocycles. The molecule has 0 saturated carbocycles. The number of carboxylic acids is 1. The molecule has 2 aromatic rings. The van der Waals surface area contributed by atoms with Crippen LogP contribution in [-0.2, 0) is 5.75 Å². The Morgan fingerprint density at radius 1 is 1.27 bits per heavy atom. The van der Waals surface area contributed by atoms with Crippen LogP contribution in [0.4, 0.5) is 0 Å². The largest absolute Gasteiger partial charge is 0.497 e. The van der Waals surface area contributed by atoms with Crippen LogP contribution in [0.5, 0.6) is 11.5 Å². The first kappa shape index (κ1) is 16.5. The highest BCUT2D eigenvalue weighted by Crippen LogP contribution is 2.32. The Labute approximate surface area is 137 Å². The summed E-state index contributed by atoms with van der Waals surface area (Å²) in [6, 6.07) is 8.38. The summed E-state index contributed by atoms with van der Waals surface area (Å²) in [5, 5.41) is 9.82. The molecule has 0 spiro atoms. The summed E-state index contributed by atoms with van der Waals surface area (Å²) in [6.07, 6.45) is 0. The van der Waals surface area contributed by atoms with Gasteiger partial charge in [0.1, 0.15) is 21.7 Å². The second-order valence-corrected chi connectivity index (χ2v) is 5.61. The van der Waals surface area contributed by atoms with Crippen molar-refractivity contribution >= 4 is 29.3 Å². The SMILES string of the molecule is COc1ccc(CSc2nc(Cl)ccc2C(=O)O)c(OC)c1. The van der Waals surface area contributed by atoms with Crippen molar-refractivity contribution in [3.05, 3.63) is 46.6 Å². The Balaban J connectivity index is 2.23. The number of methoxy groups -OCH3 is 2. The molecule has 0 aliphatic heterocycles. The minimum absolute atomic E-state index is 0.127. The number of aromatic carboxylic acids is 1. The van der Waals surface area contributed by atoms with Gasteiger partial charge in [-0.05, 0) is 18.2 Å². The fraction of sp³-hybridized carbons (Fsp3) is 0.200. The number of pyridine rings is 1. The van der Waals surface area contributed by atoms with Crippen LogP contribution in [0.3, 0.4) is 0 Å². The van der Waals surface area contributed by atoms with E-state index < -0.39 is 5.97 Å². The van der Waals surface area contributed by atoms with Crippen LogP contribution in [-0.4, -0.2) is 30.3 Å². The average molecular weight is 340 g/mol. The van der Waals surface area contributed by atoms with E-state index in [1.54, 1.807) is 20.3 Å². The molecule has 5 nitrogen and oxygen atoms in total. The second kappa shape index (κ2) is 7.38. The second-order valence-electron chi connectivity index (χ2n) is 4.26. The lowest BCUT2D eigenvalue weighted by Crippen LogP contribution is -2.01. The van der Waals surface area contributed by atoms with Crippen molar-refractivity contribution in [1.29, 1.82) is 0 Å². The maximum atomic E-state index is 11.2. The summed E-state index contributed by atoms with van der Waals surface area (Å²) in [4.78, 5) is 15.3. The number of carbonyl (C=O) groups is 1. The van der Waals surface area contributed by atoms with Gasteiger partial charge in [-0.3, -0.25) is 0 Å². The summed E-state index contributed by atoms with van der Waals surface area (Å²) in [5.74, 6) is 0.831. The van der Waals surface area contributed by atoms with Crippen LogP contribution >= 0.6 is 23.4 Å². The molecule has 0 fully saturated rings. The van der Waals surface area contributed by atoms with Crippen molar-refractivity contribution in [3.63, 3.8) is 0 Å². The molecule has 0 unspecified atom stereocenters. The molecule has 1 aromatic carbocycles. The van der Waals surface area contributed by atoms with Crippen LogP contribution < -0.4 is 9.47 Å². The van der Waals surface area contributed by atoms with E-state index >= 15 is 0 Å². The van der Waals surface area contributed by atoms with Crippen molar-refractivity contribution in [3.8, 4) is 11.5 Å². The van der Waals surface area contributed by atoms with Gasteiger partial charge in [0, 0.05) is 17.4 Å². The van der Waals surface area contributed by atoms with Gasteiger partial charge in [0.05, 0.1) is 19.8 Å². The van der Waals surface area contributed by atoms with E-state index in [0.717, 1.165) is 5.56 Å². The molecule has 1 aromatic heterocycles. The molecule has 2 rings (SSSR count). The first-order valence-electron chi connectivity index (χ1n) is 6.28. The molecule has 0 atom stereocenters. The molecule has 22 heavy (non-hydrogen) atoms. The highest BCUT2D eigenvalue weighted by Gasteiger charge is 2.14. The van der Waals surface area contributed by atoms with Gasteiger partial charge in [-0.15, -0.1) is 11.8 Å². The first-order valence-corrected chi connectivity index (χ1v) is 7.65. The van der Waals surface area contributed by atoms with Crippen molar-refractivity contribution in [2.45, 2.75) is 10.8 Å². The molecular weight excluding hydrogens is 326 g/mol. The number of hydrogen-bond donors (Lipinski definition) is 1. The summed E-state index contributed by atoms with van der Waals surface area (Å²) in [6.45, 7) is 0. The minimum Gasteiger partial charge on any atom is -0.497 e. The number of carboxylic acid groups (broad SMARTS) is 1. The van der Waals surface area contributed by atoms with E-state index in [2.05, 4.69) is 4.98 Å². The van der Waals surface area contributed by atoms with Gasteiger partial charge in [-0.25, -0.2) is 9.78 Å². The Bertz CT molecular complexity index is 693. The molecule has 0 radical (unpaired) electrons. The van der Waals surface area contributed by atoms with Gasteiger partial charge in [0.15, 0.2) is 0 Å². The minimum atomic E-state index is -1.03. The fourth-order valence-electron chi connectivity index (χ4n) is 1.81. The maximum Gasteiger partial charge on any atom is 0.338 e. The average Bonchev–Trinajstić information content (AvgIpc) is 2.52. The van der Waals surface area contributed by atoms with Crippen LogP contribution in [0.2, 0.25) is 5.15 Å². The Kier molecular flexibility index (Phi) is 5.51. The summed E-state index contributed by atoms with van der Waals surface area (Å²) >= 11 is 7.13. The smallest absolute Gasteiger partial charge is 0.338 e. The van der Waals surface area contributed by atoms with E-state index in [1.807, 2.05) is 12.1 Å². The Hall–Kier alpha value is -1.92. The van der Waals surface area contributed by atoms with Crippen LogP contribution in [0.15, 0.2) is 35.4 Å². The van der Waals surface area contributed by atoms with Crippen molar-refractivity contribution in [2.24, 2.45) is 0 Å². The molecule has 0 amide bonds. The van der Waals surface area contributed by atoms with Crippen molar-refractivity contribution < 1.29 is 19.4 Å². The summed E-state index contributed by atoms with van der Waals surface area (Å²) < 4.78 is 10.5. The monoisotopic (exact) mass is 339 g/mol. The first-order chi connectivity index (χ1) is 10.5. The zero-order valence-corrected chi connectivity index (χ0v) is 13.6. The normalized spacial score (nSPS) is 10.3. The van der Waals surface area contributed by atoms with E-state index in [-0.39, 0.29) is 10.7 Å². The lowest BCUT2D eigenvalue weighted by atomic mass is 10.2. The highest BCUT2D eigenvalue weighted by molar-refractivity contribution is 7.98. The number of nitrogens with zero attached hydrogens (tertiary/aromatic N) is 1. The van der Waals surface area contributed by atoms with Crippen LogP contribution in [0, 0.1) is 0 Å². The van der Waals surface area contributed by atoms with Crippen molar-refractivity contribution in [1.82, 2.24) is 4.98 Å². The quantitative estimate of drug-likeness (QED) is 0.638. The third-order valence-corrected chi connectivity index (χ3v) is 4.17. The Morgan fingerprint density at radius 2 is 2.05 bits per heavy atom. The number of halogens is 1. The predicted molar refractivity (Wildman–Crippen MR) is 85.3 cm³/mol. The van der Waals surface area contributed by atoms with Crippen LogP contribution in [0.25, 0.3) is 0 Å². The van der Waals surface area contributed by atoms with Gasteiger partial charge in [-0.1, -0.05) is 17.7 Å². The van der Waals surface area contributed by atoms with Crippen LogP contribution in [0.1, 0.15) is 15.9 Å². The Morgan fingerprint density at radius 3 is 2.68 bits per heavy atom. The lowest BCUT2D eigenvalue weighted by Gasteiger charge is -2.11. The number of hydrogen-bond acceptors (Lipinski definition) is 5. The predicted octanol–water partition coefficient (Wildman–Crippen LogP) is 3.74. The summed E-state index contributed by atoms with van der Waals surface area (Å²) in [7, 11) is 3.15.